The first-order chi connectivity index (χ1) is 12.4. The number of carbonyl (C=O) groups excluding carboxylic acids is 1. The molecule has 26 heavy (non-hydrogen) atoms. The molecule has 6 nitrogen and oxygen atoms in total. The SMILES string of the molecule is CC(C)(C)n1nc(C2CC2)cc1C(=O)Nc1nc(-c2ccccc2)ns1. The van der Waals surface area contributed by atoms with Gasteiger partial charge in [0, 0.05) is 23.0 Å². The van der Waals surface area contributed by atoms with Gasteiger partial charge in [-0.25, -0.2) is 0 Å². The first kappa shape index (κ1) is 16.9. The van der Waals surface area contributed by atoms with Crippen LogP contribution in [0.3, 0.4) is 0 Å². The summed E-state index contributed by atoms with van der Waals surface area (Å²) < 4.78 is 6.16. The van der Waals surface area contributed by atoms with Crippen LogP contribution in [0.4, 0.5) is 5.13 Å². The van der Waals surface area contributed by atoms with Crippen LogP contribution in [0.25, 0.3) is 11.4 Å². The number of rotatable bonds is 4. The first-order valence-corrected chi connectivity index (χ1v) is 9.50. The fourth-order valence-electron chi connectivity index (χ4n) is 2.79. The molecule has 0 unspecified atom stereocenters. The van der Waals surface area contributed by atoms with Crippen molar-refractivity contribution < 1.29 is 4.79 Å². The van der Waals surface area contributed by atoms with Gasteiger partial charge < -0.3 is 0 Å². The van der Waals surface area contributed by atoms with Gasteiger partial charge in [-0.3, -0.25) is 14.8 Å². The quantitative estimate of drug-likeness (QED) is 0.747. The number of nitrogens with one attached hydrogen (secondary N) is 1. The van der Waals surface area contributed by atoms with E-state index in [1.807, 2.05) is 61.9 Å². The van der Waals surface area contributed by atoms with Gasteiger partial charge in [0.25, 0.3) is 5.91 Å². The number of nitrogens with zero attached hydrogens (tertiary/aromatic N) is 4. The third kappa shape index (κ3) is 3.39. The third-order valence-corrected chi connectivity index (χ3v) is 4.90. The van der Waals surface area contributed by atoms with E-state index < -0.39 is 0 Å². The molecule has 0 saturated heterocycles. The lowest BCUT2D eigenvalue weighted by molar-refractivity contribution is 0.100. The Labute approximate surface area is 156 Å². The van der Waals surface area contributed by atoms with E-state index in [1.54, 1.807) is 0 Å². The van der Waals surface area contributed by atoms with Crippen LogP contribution in [0.1, 0.15) is 55.7 Å². The molecule has 1 aliphatic rings. The molecular weight excluding hydrogens is 346 g/mol. The summed E-state index contributed by atoms with van der Waals surface area (Å²) >= 11 is 1.18. The van der Waals surface area contributed by atoms with Crippen molar-refractivity contribution in [2.75, 3.05) is 5.32 Å². The zero-order valence-electron chi connectivity index (χ0n) is 15.1. The van der Waals surface area contributed by atoms with Crippen LogP contribution in [0.2, 0.25) is 0 Å². The largest absolute Gasteiger partial charge is 0.295 e. The summed E-state index contributed by atoms with van der Waals surface area (Å²) in [5.74, 6) is 0.917. The Kier molecular flexibility index (Phi) is 4.11. The monoisotopic (exact) mass is 367 g/mol. The molecule has 1 saturated carbocycles. The zero-order valence-corrected chi connectivity index (χ0v) is 15.9. The Bertz CT molecular complexity index is 934. The highest BCUT2D eigenvalue weighted by atomic mass is 32.1. The summed E-state index contributed by atoms with van der Waals surface area (Å²) in [5.41, 5.74) is 2.24. The van der Waals surface area contributed by atoms with Crippen LogP contribution in [-0.2, 0) is 5.54 Å². The summed E-state index contributed by atoms with van der Waals surface area (Å²) in [7, 11) is 0. The van der Waals surface area contributed by atoms with E-state index in [0.717, 1.165) is 24.1 Å². The highest BCUT2D eigenvalue weighted by molar-refractivity contribution is 7.10. The fourth-order valence-corrected chi connectivity index (χ4v) is 3.38. The maximum absolute atomic E-state index is 12.9. The Hall–Kier alpha value is -2.54. The third-order valence-electron chi connectivity index (χ3n) is 4.27. The minimum absolute atomic E-state index is 0.199. The van der Waals surface area contributed by atoms with Crippen LogP contribution < -0.4 is 5.32 Å². The zero-order chi connectivity index (χ0) is 18.3. The van der Waals surface area contributed by atoms with Gasteiger partial charge in [0.05, 0.1) is 11.2 Å². The standard InChI is InChI=1S/C19H21N5OS/c1-19(2,3)24-15(11-14(22-24)12-9-10-12)17(25)21-18-20-16(23-26-18)13-7-5-4-6-8-13/h4-8,11-12H,9-10H2,1-3H3,(H,20,21,23,25). The van der Waals surface area contributed by atoms with Crippen molar-refractivity contribution in [3.05, 3.63) is 47.8 Å². The minimum atomic E-state index is -0.268. The topological polar surface area (TPSA) is 72.7 Å². The van der Waals surface area contributed by atoms with Gasteiger partial charge in [-0.05, 0) is 39.7 Å². The lowest BCUT2D eigenvalue weighted by Crippen LogP contribution is -2.29. The molecule has 0 radical (unpaired) electrons. The second kappa shape index (κ2) is 6.32. The molecule has 2 aromatic heterocycles. The lowest BCUT2D eigenvalue weighted by Gasteiger charge is -2.21. The van der Waals surface area contributed by atoms with E-state index in [9.17, 15) is 4.79 Å². The second-order valence-corrected chi connectivity index (χ2v) is 8.31. The van der Waals surface area contributed by atoms with E-state index in [-0.39, 0.29) is 11.4 Å². The van der Waals surface area contributed by atoms with Crippen molar-refractivity contribution in [2.45, 2.75) is 45.1 Å². The van der Waals surface area contributed by atoms with Gasteiger partial charge in [-0.15, -0.1) is 0 Å². The van der Waals surface area contributed by atoms with Crippen molar-refractivity contribution in [3.63, 3.8) is 0 Å². The van der Waals surface area contributed by atoms with Crippen LogP contribution >= 0.6 is 11.5 Å². The number of anilines is 1. The fraction of sp³-hybridized carbons (Fsp3) is 0.368. The predicted molar refractivity (Wildman–Crippen MR) is 102 cm³/mol. The number of hydrogen-bond acceptors (Lipinski definition) is 5. The van der Waals surface area contributed by atoms with E-state index in [2.05, 4.69) is 19.8 Å². The summed E-state index contributed by atoms with van der Waals surface area (Å²) in [6.45, 7) is 6.14. The van der Waals surface area contributed by atoms with E-state index in [0.29, 0.717) is 22.6 Å². The lowest BCUT2D eigenvalue weighted by atomic mass is 10.1. The van der Waals surface area contributed by atoms with Crippen molar-refractivity contribution in [3.8, 4) is 11.4 Å². The molecule has 4 rings (SSSR count). The average Bonchev–Trinajstić information content (AvgIpc) is 3.18. The molecule has 1 fully saturated rings. The maximum Gasteiger partial charge on any atom is 0.275 e. The predicted octanol–water partition coefficient (Wildman–Crippen LogP) is 4.29. The van der Waals surface area contributed by atoms with Crippen molar-refractivity contribution in [1.82, 2.24) is 19.1 Å². The molecule has 1 N–H and O–H groups in total. The molecular formula is C19H21N5OS. The first-order valence-electron chi connectivity index (χ1n) is 8.73. The molecule has 0 atom stereocenters. The molecule has 134 valence electrons. The van der Waals surface area contributed by atoms with E-state index in [4.69, 9.17) is 0 Å². The van der Waals surface area contributed by atoms with Gasteiger partial charge in [0.1, 0.15) is 5.69 Å². The molecule has 2 heterocycles. The van der Waals surface area contributed by atoms with Crippen LogP contribution in [0, 0.1) is 0 Å². The summed E-state index contributed by atoms with van der Waals surface area (Å²) in [6, 6.07) is 11.6. The van der Waals surface area contributed by atoms with Crippen molar-refractivity contribution >= 4 is 22.6 Å². The Morgan fingerprint density at radius 3 is 2.62 bits per heavy atom. The molecule has 1 aromatic carbocycles. The van der Waals surface area contributed by atoms with Gasteiger partial charge in [0.15, 0.2) is 5.82 Å². The van der Waals surface area contributed by atoms with Crippen LogP contribution in [0.15, 0.2) is 36.4 Å². The van der Waals surface area contributed by atoms with Gasteiger partial charge in [0.2, 0.25) is 5.13 Å². The number of hydrogen-bond donors (Lipinski definition) is 1. The average molecular weight is 367 g/mol. The second-order valence-electron chi connectivity index (χ2n) is 7.55. The number of amides is 1. The highest BCUT2D eigenvalue weighted by Crippen LogP contribution is 2.40. The molecule has 1 amide bonds. The number of benzene rings is 1. The molecule has 0 bridgehead atoms. The number of aromatic nitrogens is 4. The minimum Gasteiger partial charge on any atom is -0.295 e. The molecule has 0 spiro atoms. The molecule has 1 aliphatic carbocycles. The molecule has 7 heteroatoms. The summed E-state index contributed by atoms with van der Waals surface area (Å²) in [4.78, 5) is 17.3. The van der Waals surface area contributed by atoms with E-state index >= 15 is 0 Å². The van der Waals surface area contributed by atoms with Gasteiger partial charge >= 0.3 is 0 Å². The van der Waals surface area contributed by atoms with Gasteiger partial charge in [-0.2, -0.15) is 14.5 Å². The van der Waals surface area contributed by atoms with Crippen LogP contribution in [0.5, 0.6) is 0 Å². The normalized spacial score (nSPS) is 14.4. The van der Waals surface area contributed by atoms with Crippen molar-refractivity contribution in [2.24, 2.45) is 0 Å². The van der Waals surface area contributed by atoms with Crippen LogP contribution in [-0.4, -0.2) is 25.0 Å². The summed E-state index contributed by atoms with van der Waals surface area (Å²) in [6.07, 6.45) is 2.30. The van der Waals surface area contributed by atoms with Gasteiger partial charge in [-0.1, -0.05) is 30.3 Å². The smallest absolute Gasteiger partial charge is 0.275 e. The number of carbonyl (C=O) groups is 1. The maximum atomic E-state index is 12.9. The van der Waals surface area contributed by atoms with E-state index in [1.165, 1.54) is 11.5 Å². The summed E-state index contributed by atoms with van der Waals surface area (Å²) in [5, 5.41) is 8.05. The van der Waals surface area contributed by atoms with Crippen molar-refractivity contribution in [1.29, 1.82) is 0 Å². The molecule has 0 aliphatic heterocycles. The molecule has 3 aromatic rings. The Morgan fingerprint density at radius 2 is 1.96 bits per heavy atom. The Morgan fingerprint density at radius 1 is 1.23 bits per heavy atom. The highest BCUT2D eigenvalue weighted by Gasteiger charge is 2.31. The Balaban J connectivity index is 1.58.